The fourth-order valence-electron chi connectivity index (χ4n) is 1.51. The fraction of sp³-hybridized carbons (Fsp3) is 0.300. The first-order valence-corrected chi connectivity index (χ1v) is 6.07. The van der Waals surface area contributed by atoms with E-state index in [1.54, 1.807) is 13.1 Å². The van der Waals surface area contributed by atoms with Crippen molar-refractivity contribution in [3.63, 3.8) is 0 Å². The quantitative estimate of drug-likeness (QED) is 0.847. The van der Waals surface area contributed by atoms with Crippen molar-refractivity contribution in [2.75, 3.05) is 0 Å². The maximum absolute atomic E-state index is 13.0. The van der Waals surface area contributed by atoms with Crippen LogP contribution in [0.4, 0.5) is 4.39 Å². The lowest BCUT2D eigenvalue weighted by atomic mass is 10.0. The molecule has 1 unspecified atom stereocenters. The highest BCUT2D eigenvalue weighted by Gasteiger charge is 2.13. The number of nitrogens with zero attached hydrogens (tertiary/aromatic N) is 4. The number of rotatable bonds is 3. The molecule has 0 aliphatic rings. The first-order valence-electron chi connectivity index (χ1n) is 4.99. The van der Waals surface area contributed by atoms with E-state index in [0.29, 0.717) is 12.2 Å². The van der Waals surface area contributed by atoms with Crippen LogP contribution < -0.4 is 5.73 Å². The van der Waals surface area contributed by atoms with Gasteiger partial charge < -0.3 is 5.73 Å². The number of aromatic nitrogens is 4. The number of tetrazole rings is 1. The van der Waals surface area contributed by atoms with Crippen molar-refractivity contribution in [3.05, 3.63) is 39.0 Å². The molecule has 1 heterocycles. The zero-order valence-electron chi connectivity index (χ0n) is 9.14. The van der Waals surface area contributed by atoms with Crippen molar-refractivity contribution in [1.82, 2.24) is 20.2 Å². The normalized spacial score (nSPS) is 12.7. The zero-order chi connectivity index (χ0) is 12.4. The van der Waals surface area contributed by atoms with Crippen molar-refractivity contribution >= 4 is 22.6 Å². The van der Waals surface area contributed by atoms with Crippen LogP contribution in [0.1, 0.15) is 17.4 Å². The number of benzene rings is 1. The Morgan fingerprint density at radius 2 is 2.29 bits per heavy atom. The molecular weight excluding hydrogens is 336 g/mol. The van der Waals surface area contributed by atoms with Gasteiger partial charge in [-0.25, -0.2) is 4.39 Å². The minimum Gasteiger partial charge on any atom is -0.324 e. The Bertz CT molecular complexity index is 527. The van der Waals surface area contributed by atoms with Crippen molar-refractivity contribution in [3.8, 4) is 0 Å². The monoisotopic (exact) mass is 347 g/mol. The molecule has 5 nitrogen and oxygen atoms in total. The van der Waals surface area contributed by atoms with Crippen LogP contribution in [-0.4, -0.2) is 20.2 Å². The number of aryl methyl sites for hydroxylation is 1. The average molecular weight is 347 g/mol. The van der Waals surface area contributed by atoms with Gasteiger partial charge in [-0.2, -0.15) is 4.80 Å². The Morgan fingerprint density at radius 3 is 2.88 bits per heavy atom. The molecule has 0 aliphatic carbocycles. The smallest absolute Gasteiger partial charge is 0.176 e. The Labute approximate surface area is 111 Å². The van der Waals surface area contributed by atoms with E-state index < -0.39 is 0 Å². The van der Waals surface area contributed by atoms with Gasteiger partial charge >= 0.3 is 0 Å². The topological polar surface area (TPSA) is 69.6 Å². The first-order chi connectivity index (χ1) is 8.06. The van der Waals surface area contributed by atoms with Crippen molar-refractivity contribution in [2.24, 2.45) is 12.8 Å². The molecule has 0 fully saturated rings. The van der Waals surface area contributed by atoms with E-state index >= 15 is 0 Å². The van der Waals surface area contributed by atoms with E-state index in [9.17, 15) is 4.39 Å². The molecule has 0 saturated carbocycles. The minimum atomic E-state index is -0.261. The van der Waals surface area contributed by atoms with E-state index in [-0.39, 0.29) is 11.9 Å². The van der Waals surface area contributed by atoms with Gasteiger partial charge in [-0.1, -0.05) is 6.07 Å². The molecular formula is C10H11FIN5. The molecule has 1 atom stereocenters. The largest absolute Gasteiger partial charge is 0.324 e. The highest BCUT2D eigenvalue weighted by molar-refractivity contribution is 14.1. The summed E-state index contributed by atoms with van der Waals surface area (Å²) in [6.07, 6.45) is 0.482. The van der Waals surface area contributed by atoms with Crippen LogP contribution in [0, 0.1) is 9.39 Å². The summed E-state index contributed by atoms with van der Waals surface area (Å²) in [6, 6.07) is 4.30. The molecule has 17 heavy (non-hydrogen) atoms. The van der Waals surface area contributed by atoms with Gasteiger partial charge in [0.2, 0.25) is 0 Å². The number of halogens is 2. The second-order valence-corrected chi connectivity index (χ2v) is 4.83. The Morgan fingerprint density at radius 1 is 1.53 bits per heavy atom. The minimum absolute atomic E-state index is 0.258. The van der Waals surface area contributed by atoms with Gasteiger partial charge in [0.25, 0.3) is 0 Å². The summed E-state index contributed by atoms with van der Waals surface area (Å²) >= 11 is 2.07. The lowest BCUT2D eigenvalue weighted by Gasteiger charge is -2.11. The lowest BCUT2D eigenvalue weighted by molar-refractivity contribution is 0.617. The second kappa shape index (κ2) is 5.05. The van der Waals surface area contributed by atoms with Crippen molar-refractivity contribution < 1.29 is 4.39 Å². The molecule has 2 aromatic rings. The molecule has 0 saturated heterocycles. The van der Waals surface area contributed by atoms with Crippen LogP contribution in [0.5, 0.6) is 0 Å². The fourth-order valence-corrected chi connectivity index (χ4v) is 2.39. The molecule has 0 amide bonds. The average Bonchev–Trinajstić information content (AvgIpc) is 2.63. The molecule has 0 radical (unpaired) electrons. The first kappa shape index (κ1) is 12.4. The molecule has 1 aromatic carbocycles. The summed E-state index contributed by atoms with van der Waals surface area (Å²) in [5, 5.41) is 11.7. The highest BCUT2D eigenvalue weighted by atomic mass is 127. The van der Waals surface area contributed by atoms with Gasteiger partial charge in [0.05, 0.1) is 7.05 Å². The zero-order valence-corrected chi connectivity index (χ0v) is 11.3. The summed E-state index contributed by atoms with van der Waals surface area (Å²) < 4.78 is 13.8. The summed E-state index contributed by atoms with van der Waals surface area (Å²) in [5.74, 6) is 0.322. The third-order valence-electron chi connectivity index (χ3n) is 2.31. The Kier molecular flexibility index (Phi) is 3.67. The van der Waals surface area contributed by atoms with Gasteiger partial charge in [0.15, 0.2) is 5.82 Å². The Hall–Kier alpha value is -1.09. The Balaban J connectivity index is 2.17. The molecule has 2 N–H and O–H groups in total. The predicted molar refractivity (Wildman–Crippen MR) is 68.5 cm³/mol. The second-order valence-electron chi connectivity index (χ2n) is 3.67. The molecule has 0 aliphatic heterocycles. The van der Waals surface area contributed by atoms with Crippen LogP contribution >= 0.6 is 22.6 Å². The van der Waals surface area contributed by atoms with E-state index in [1.807, 2.05) is 0 Å². The van der Waals surface area contributed by atoms with Crippen LogP contribution in [0.15, 0.2) is 18.2 Å². The van der Waals surface area contributed by atoms with Gasteiger partial charge in [-0.15, -0.1) is 10.2 Å². The van der Waals surface area contributed by atoms with Crippen LogP contribution in [0.2, 0.25) is 0 Å². The molecule has 0 spiro atoms. The molecule has 1 aromatic heterocycles. The van der Waals surface area contributed by atoms with E-state index in [0.717, 1.165) is 9.13 Å². The number of hydrogen-bond acceptors (Lipinski definition) is 4. The number of hydrogen-bond donors (Lipinski definition) is 1. The summed E-state index contributed by atoms with van der Waals surface area (Å²) in [6.45, 7) is 0. The van der Waals surface area contributed by atoms with Crippen molar-refractivity contribution in [2.45, 2.75) is 12.5 Å². The standard InChI is InChI=1S/C10H11FIN5/c1-17-15-10(14-16-17)5-9(13)7-3-2-6(11)4-8(7)12/h2-4,9H,5,13H2,1H3. The van der Waals surface area contributed by atoms with Crippen LogP contribution in [0.25, 0.3) is 0 Å². The maximum Gasteiger partial charge on any atom is 0.176 e. The third kappa shape index (κ3) is 2.97. The molecule has 2 rings (SSSR count). The van der Waals surface area contributed by atoms with E-state index in [1.165, 1.54) is 16.9 Å². The highest BCUT2D eigenvalue weighted by Crippen LogP contribution is 2.21. The molecule has 0 bridgehead atoms. The van der Waals surface area contributed by atoms with Gasteiger partial charge in [0, 0.05) is 16.0 Å². The third-order valence-corrected chi connectivity index (χ3v) is 3.25. The molecule has 7 heteroatoms. The molecule has 90 valence electrons. The van der Waals surface area contributed by atoms with Gasteiger partial charge in [-0.05, 0) is 45.5 Å². The van der Waals surface area contributed by atoms with Crippen molar-refractivity contribution in [1.29, 1.82) is 0 Å². The maximum atomic E-state index is 13.0. The number of nitrogens with two attached hydrogens (primary N) is 1. The predicted octanol–water partition coefficient (Wildman–Crippen LogP) is 1.20. The summed E-state index contributed by atoms with van der Waals surface area (Å²) in [5.41, 5.74) is 6.93. The van der Waals surface area contributed by atoms with E-state index in [2.05, 4.69) is 38.0 Å². The van der Waals surface area contributed by atoms with Gasteiger partial charge in [-0.3, -0.25) is 0 Å². The summed E-state index contributed by atoms with van der Waals surface area (Å²) in [4.78, 5) is 1.39. The SMILES string of the molecule is Cn1nnc(CC(N)c2ccc(F)cc2I)n1. The lowest BCUT2D eigenvalue weighted by Crippen LogP contribution is -2.15. The van der Waals surface area contributed by atoms with Crippen LogP contribution in [-0.2, 0) is 13.5 Å². The van der Waals surface area contributed by atoms with Gasteiger partial charge in [0.1, 0.15) is 5.82 Å². The van der Waals surface area contributed by atoms with Crippen LogP contribution in [0.3, 0.4) is 0 Å². The van der Waals surface area contributed by atoms with E-state index in [4.69, 9.17) is 5.73 Å². The summed E-state index contributed by atoms with van der Waals surface area (Å²) in [7, 11) is 1.70.